The molecule has 4 atom stereocenters. The first-order valence-corrected chi connectivity index (χ1v) is 14.8. The van der Waals surface area contributed by atoms with Gasteiger partial charge in [0.15, 0.2) is 29.3 Å². The number of amides is 1. The van der Waals surface area contributed by atoms with E-state index in [4.69, 9.17) is 28.4 Å². The Morgan fingerprint density at radius 1 is 1.00 bits per heavy atom. The number of carbonyl (C=O) groups is 6. The molecule has 1 aromatic carbocycles. The molecule has 0 radical (unpaired) electrons. The molecule has 0 bridgehead atoms. The van der Waals surface area contributed by atoms with Gasteiger partial charge < -0.3 is 38.5 Å². The van der Waals surface area contributed by atoms with Crippen molar-refractivity contribution in [2.45, 2.75) is 58.3 Å². The molecule has 1 amide bonds. The molecular weight excluding hydrogens is 620 g/mol. The number of ether oxygens (including phenoxy) is 7. The maximum absolute atomic E-state index is 13.4. The minimum absolute atomic E-state index is 0.0476. The summed E-state index contributed by atoms with van der Waals surface area (Å²) in [5.74, 6) is -6.37. The molecular formula is C32H38N2O13. The van der Waals surface area contributed by atoms with Crippen LogP contribution in [0.25, 0.3) is 0 Å². The van der Waals surface area contributed by atoms with Gasteiger partial charge in [0.1, 0.15) is 18.6 Å². The number of esters is 5. The average molecular weight is 659 g/mol. The van der Waals surface area contributed by atoms with E-state index in [2.05, 4.69) is 15.0 Å². The van der Waals surface area contributed by atoms with E-state index in [1.54, 1.807) is 38.1 Å². The molecule has 0 aliphatic carbocycles. The standard InChI is InChI=1S/C32H38N2O13/c1-18(2)30(38)47-27-19(3)46-32(40)22(16-43-31(39)21(27)15-20-9-7-6-8-10-20)34-29(37)26-28(23(41-4)13-14-33-26)45-17-44-25(36)12-11-24(35)42-5/h6-10,13-14,18-19,21-22,27H,11-12,15-17H2,1-5H3,(H,34,37). The summed E-state index contributed by atoms with van der Waals surface area (Å²) in [6.45, 7) is 3.47. The lowest BCUT2D eigenvalue weighted by atomic mass is 9.91. The summed E-state index contributed by atoms with van der Waals surface area (Å²) >= 11 is 0. The fraction of sp³-hybridized carbons (Fsp3) is 0.469. The quantitative estimate of drug-likeness (QED) is 0.186. The molecule has 254 valence electrons. The van der Waals surface area contributed by atoms with Crippen LogP contribution in [0, 0.1) is 11.8 Å². The van der Waals surface area contributed by atoms with Crippen molar-refractivity contribution in [2.24, 2.45) is 11.8 Å². The van der Waals surface area contributed by atoms with Gasteiger partial charge >= 0.3 is 29.8 Å². The Morgan fingerprint density at radius 3 is 2.36 bits per heavy atom. The number of aromatic nitrogens is 1. The van der Waals surface area contributed by atoms with Crippen LogP contribution in [-0.4, -0.2) is 86.6 Å². The molecule has 0 spiro atoms. The van der Waals surface area contributed by atoms with Crippen molar-refractivity contribution in [1.29, 1.82) is 0 Å². The van der Waals surface area contributed by atoms with Crippen LogP contribution < -0.4 is 14.8 Å². The van der Waals surface area contributed by atoms with Crippen molar-refractivity contribution < 1.29 is 61.9 Å². The van der Waals surface area contributed by atoms with Gasteiger partial charge in [-0.2, -0.15) is 0 Å². The monoisotopic (exact) mass is 658 g/mol. The van der Waals surface area contributed by atoms with Crippen LogP contribution in [0.2, 0.25) is 0 Å². The maximum atomic E-state index is 13.4. The number of hydrogen-bond donors (Lipinski definition) is 1. The first-order chi connectivity index (χ1) is 22.4. The minimum Gasteiger partial charge on any atom is -0.493 e. The van der Waals surface area contributed by atoms with E-state index in [0.29, 0.717) is 0 Å². The SMILES string of the molecule is COC(=O)CCC(=O)OCOc1c(OC)ccnc1C(=O)NC1COC(=O)C(Cc2ccccc2)C(OC(=O)C(C)C)C(C)OC1=O. The molecule has 15 heteroatoms. The smallest absolute Gasteiger partial charge is 0.332 e. The van der Waals surface area contributed by atoms with Crippen molar-refractivity contribution in [1.82, 2.24) is 10.3 Å². The number of hydrogen-bond acceptors (Lipinski definition) is 14. The largest absolute Gasteiger partial charge is 0.493 e. The zero-order valence-corrected chi connectivity index (χ0v) is 26.7. The second-order valence-corrected chi connectivity index (χ2v) is 10.7. The molecule has 2 heterocycles. The normalized spacial score (nSPS) is 19.5. The van der Waals surface area contributed by atoms with Gasteiger partial charge in [-0.15, -0.1) is 0 Å². The molecule has 2 aromatic rings. The van der Waals surface area contributed by atoms with Gasteiger partial charge in [-0.1, -0.05) is 44.2 Å². The second kappa shape index (κ2) is 17.5. The Hall–Kier alpha value is -5.21. The number of carbonyl (C=O) groups excluding carboxylic acids is 6. The summed E-state index contributed by atoms with van der Waals surface area (Å²) in [5, 5.41) is 2.43. The molecule has 15 nitrogen and oxygen atoms in total. The highest BCUT2D eigenvalue weighted by atomic mass is 16.7. The maximum Gasteiger partial charge on any atom is 0.332 e. The van der Waals surface area contributed by atoms with Crippen molar-refractivity contribution in [3.8, 4) is 11.5 Å². The molecule has 3 rings (SSSR count). The highest BCUT2D eigenvalue weighted by Gasteiger charge is 2.42. The topological polar surface area (TPSA) is 192 Å². The molecule has 1 saturated heterocycles. The molecule has 1 aliphatic heterocycles. The fourth-order valence-electron chi connectivity index (χ4n) is 4.40. The number of methoxy groups -OCH3 is 2. The highest BCUT2D eigenvalue weighted by Crippen LogP contribution is 2.30. The van der Waals surface area contributed by atoms with Crippen molar-refractivity contribution in [3.05, 3.63) is 53.9 Å². The van der Waals surface area contributed by atoms with E-state index in [1.807, 2.05) is 6.07 Å². The third kappa shape index (κ3) is 10.4. The van der Waals surface area contributed by atoms with E-state index in [0.717, 1.165) is 5.56 Å². The summed E-state index contributed by atoms with van der Waals surface area (Å²) < 4.78 is 37.0. The lowest BCUT2D eigenvalue weighted by Crippen LogP contribution is -2.47. The number of nitrogens with one attached hydrogen (secondary N) is 1. The molecule has 1 N–H and O–H groups in total. The van der Waals surface area contributed by atoms with E-state index in [-0.39, 0.29) is 36.5 Å². The summed E-state index contributed by atoms with van der Waals surface area (Å²) in [4.78, 5) is 80.0. The first-order valence-electron chi connectivity index (χ1n) is 14.8. The lowest BCUT2D eigenvalue weighted by molar-refractivity contribution is -0.176. The van der Waals surface area contributed by atoms with Crippen molar-refractivity contribution in [3.63, 3.8) is 0 Å². The van der Waals surface area contributed by atoms with Gasteiger partial charge in [0.25, 0.3) is 5.91 Å². The zero-order chi connectivity index (χ0) is 34.5. The molecule has 4 unspecified atom stereocenters. The zero-order valence-electron chi connectivity index (χ0n) is 26.7. The van der Waals surface area contributed by atoms with E-state index in [9.17, 15) is 28.8 Å². The first kappa shape index (κ1) is 36.3. The summed E-state index contributed by atoms with van der Waals surface area (Å²) in [5.41, 5.74) is 0.404. The number of pyridine rings is 1. The van der Waals surface area contributed by atoms with E-state index >= 15 is 0 Å². The molecule has 1 aliphatic rings. The predicted molar refractivity (Wildman–Crippen MR) is 160 cm³/mol. The summed E-state index contributed by atoms with van der Waals surface area (Å²) in [7, 11) is 2.49. The summed E-state index contributed by atoms with van der Waals surface area (Å²) in [6.07, 6.45) is -1.39. The van der Waals surface area contributed by atoms with E-state index < -0.39 is 79.2 Å². The average Bonchev–Trinajstić information content (AvgIpc) is 3.09. The Balaban J connectivity index is 1.80. The van der Waals surface area contributed by atoms with E-state index in [1.165, 1.54) is 33.4 Å². The Kier molecular flexibility index (Phi) is 13.5. The number of nitrogens with zero attached hydrogens (tertiary/aromatic N) is 1. The van der Waals surface area contributed by atoms with Crippen LogP contribution in [-0.2, 0) is 54.1 Å². The Bertz CT molecular complexity index is 1430. The molecule has 47 heavy (non-hydrogen) atoms. The van der Waals surface area contributed by atoms with Gasteiger partial charge in [0.05, 0.1) is 33.0 Å². The molecule has 0 saturated carbocycles. The van der Waals surface area contributed by atoms with Crippen LogP contribution in [0.15, 0.2) is 42.6 Å². The van der Waals surface area contributed by atoms with Gasteiger partial charge in [-0.25, -0.2) is 9.78 Å². The predicted octanol–water partition coefficient (Wildman–Crippen LogP) is 1.94. The van der Waals surface area contributed by atoms with Gasteiger partial charge in [-0.05, 0) is 18.9 Å². The highest BCUT2D eigenvalue weighted by molar-refractivity contribution is 5.98. The number of benzene rings is 1. The molecule has 1 fully saturated rings. The lowest BCUT2D eigenvalue weighted by Gasteiger charge is -2.29. The number of cyclic esters (lactones) is 2. The number of rotatable bonds is 13. The van der Waals surface area contributed by atoms with Crippen molar-refractivity contribution >= 4 is 35.8 Å². The third-order valence-electron chi connectivity index (χ3n) is 6.96. The Morgan fingerprint density at radius 2 is 1.70 bits per heavy atom. The Labute approximate surface area is 271 Å². The van der Waals surface area contributed by atoms with Crippen LogP contribution in [0.5, 0.6) is 11.5 Å². The van der Waals surface area contributed by atoms with Gasteiger partial charge in [0.2, 0.25) is 6.79 Å². The van der Waals surface area contributed by atoms with Crippen LogP contribution in [0.3, 0.4) is 0 Å². The van der Waals surface area contributed by atoms with Gasteiger partial charge in [-0.3, -0.25) is 24.0 Å². The molecule has 1 aromatic heterocycles. The van der Waals surface area contributed by atoms with Crippen molar-refractivity contribution in [2.75, 3.05) is 27.6 Å². The van der Waals surface area contributed by atoms with Crippen LogP contribution >= 0.6 is 0 Å². The minimum atomic E-state index is -1.50. The third-order valence-corrected chi connectivity index (χ3v) is 6.96. The summed E-state index contributed by atoms with van der Waals surface area (Å²) in [6, 6.07) is 8.87. The van der Waals surface area contributed by atoms with Crippen LogP contribution in [0.1, 0.15) is 49.7 Å². The van der Waals surface area contributed by atoms with Gasteiger partial charge in [0, 0.05) is 12.3 Å². The second-order valence-electron chi connectivity index (χ2n) is 10.7. The van der Waals surface area contributed by atoms with Crippen LogP contribution in [0.4, 0.5) is 0 Å². The fourth-order valence-corrected chi connectivity index (χ4v) is 4.40.